The van der Waals surface area contributed by atoms with Crippen molar-refractivity contribution in [1.29, 1.82) is 0 Å². The molecule has 0 unspecified atom stereocenters. The summed E-state index contributed by atoms with van der Waals surface area (Å²) in [5.74, 6) is -2.11. The summed E-state index contributed by atoms with van der Waals surface area (Å²) in [5, 5.41) is 2.48. The molecule has 0 aliphatic heterocycles. The van der Waals surface area contributed by atoms with Crippen LogP contribution in [0.4, 0.5) is 15.8 Å². The van der Waals surface area contributed by atoms with Gasteiger partial charge in [-0.15, -0.1) is 0 Å². The molecule has 0 aromatic heterocycles. The molecule has 2 N–H and O–H groups in total. The zero-order valence-corrected chi connectivity index (χ0v) is 20.4. The van der Waals surface area contributed by atoms with Crippen LogP contribution < -0.4 is 10.0 Å². The van der Waals surface area contributed by atoms with Crippen LogP contribution in [-0.2, 0) is 10.0 Å². The van der Waals surface area contributed by atoms with Crippen molar-refractivity contribution in [3.8, 4) is 0 Å². The molecule has 1 aliphatic rings. The highest BCUT2D eigenvalue weighted by Crippen LogP contribution is 2.36. The zero-order chi connectivity index (χ0) is 26.3. The predicted molar refractivity (Wildman–Crippen MR) is 136 cm³/mol. The highest BCUT2D eigenvalue weighted by Gasteiger charge is 2.32. The third-order valence-electron chi connectivity index (χ3n) is 5.82. The van der Waals surface area contributed by atoms with Crippen molar-refractivity contribution in [3.05, 3.63) is 124 Å². The predicted octanol–water partition coefficient (Wildman–Crippen LogP) is 5.31. The first-order valence-electron chi connectivity index (χ1n) is 10.9. The van der Waals surface area contributed by atoms with Gasteiger partial charge in [0.1, 0.15) is 5.82 Å². The number of fused-ring (bicyclic) bond motifs is 2. The molecule has 7 nitrogen and oxygen atoms in total. The average Bonchev–Trinajstić information content (AvgIpc) is 2.88. The molecule has 0 bridgehead atoms. The number of nitrogens with one attached hydrogen (secondary N) is 2. The summed E-state index contributed by atoms with van der Waals surface area (Å²) in [5.41, 5.74) is 0.601. The minimum absolute atomic E-state index is 0.0199. The monoisotopic (exact) mass is 534 g/mol. The van der Waals surface area contributed by atoms with E-state index in [0.717, 1.165) is 24.3 Å². The lowest BCUT2D eigenvalue weighted by Crippen LogP contribution is -2.23. The summed E-state index contributed by atoms with van der Waals surface area (Å²) >= 11 is 6.49. The van der Waals surface area contributed by atoms with Gasteiger partial charge in [-0.1, -0.05) is 48.0 Å². The van der Waals surface area contributed by atoms with Crippen molar-refractivity contribution in [2.24, 2.45) is 0 Å². The van der Waals surface area contributed by atoms with Gasteiger partial charge in [0.15, 0.2) is 11.6 Å². The fourth-order valence-corrected chi connectivity index (χ4v) is 5.40. The number of sulfonamides is 1. The summed E-state index contributed by atoms with van der Waals surface area (Å²) in [6, 6.07) is 19.3. The van der Waals surface area contributed by atoms with Crippen molar-refractivity contribution in [2.45, 2.75) is 4.90 Å². The molecule has 37 heavy (non-hydrogen) atoms. The second kappa shape index (κ2) is 9.27. The number of hydrogen-bond acceptors (Lipinski definition) is 5. The van der Waals surface area contributed by atoms with Gasteiger partial charge < -0.3 is 5.32 Å². The summed E-state index contributed by atoms with van der Waals surface area (Å²) in [4.78, 5) is 39.0. The first kappa shape index (κ1) is 24.4. The molecule has 0 radical (unpaired) electrons. The van der Waals surface area contributed by atoms with Gasteiger partial charge in [0.05, 0.1) is 32.4 Å². The topological polar surface area (TPSA) is 109 Å². The summed E-state index contributed by atoms with van der Waals surface area (Å²) in [6.45, 7) is 0. The minimum Gasteiger partial charge on any atom is -0.321 e. The smallest absolute Gasteiger partial charge is 0.261 e. The number of carbonyl (C=O) groups excluding carboxylic acids is 3. The van der Waals surface area contributed by atoms with Crippen molar-refractivity contribution >= 4 is 50.5 Å². The van der Waals surface area contributed by atoms with Gasteiger partial charge in [0.25, 0.3) is 15.9 Å². The second-order valence-electron chi connectivity index (χ2n) is 8.11. The van der Waals surface area contributed by atoms with Crippen LogP contribution >= 0.6 is 11.6 Å². The second-order valence-corrected chi connectivity index (χ2v) is 10.2. The Morgan fingerprint density at radius 2 is 1.35 bits per heavy atom. The normalized spacial score (nSPS) is 12.5. The van der Waals surface area contributed by atoms with Crippen LogP contribution in [0, 0.1) is 5.82 Å². The van der Waals surface area contributed by atoms with E-state index in [1.54, 1.807) is 18.2 Å². The summed E-state index contributed by atoms with van der Waals surface area (Å²) in [6.07, 6.45) is 0. The Labute approximate surface area is 216 Å². The SMILES string of the molecule is O=C(Nc1ccc2c(c1Cl)C(=O)c1ccccc1C2=O)c1ccccc1NS(=O)(=O)c1ccc(F)cc1. The van der Waals surface area contributed by atoms with Crippen LogP contribution in [0.25, 0.3) is 0 Å². The third-order valence-corrected chi connectivity index (χ3v) is 7.59. The third kappa shape index (κ3) is 4.39. The van der Waals surface area contributed by atoms with E-state index >= 15 is 0 Å². The molecule has 0 heterocycles. The number of halogens is 2. The van der Waals surface area contributed by atoms with Crippen LogP contribution in [0.15, 0.2) is 89.8 Å². The minimum atomic E-state index is -4.13. The van der Waals surface area contributed by atoms with Gasteiger partial charge in [-0.2, -0.15) is 0 Å². The van der Waals surface area contributed by atoms with Crippen LogP contribution in [0.2, 0.25) is 5.02 Å². The Bertz CT molecular complexity index is 1720. The molecule has 184 valence electrons. The number of rotatable bonds is 5. The molecule has 1 amide bonds. The van der Waals surface area contributed by atoms with Gasteiger partial charge in [-0.3, -0.25) is 19.1 Å². The van der Waals surface area contributed by atoms with E-state index in [1.165, 1.54) is 42.5 Å². The van der Waals surface area contributed by atoms with Crippen molar-refractivity contribution < 1.29 is 27.2 Å². The molecule has 4 aromatic rings. The van der Waals surface area contributed by atoms with Crippen molar-refractivity contribution in [3.63, 3.8) is 0 Å². The van der Waals surface area contributed by atoms with Crippen LogP contribution in [-0.4, -0.2) is 25.9 Å². The number of anilines is 2. The molecule has 10 heteroatoms. The quantitative estimate of drug-likeness (QED) is 0.318. The highest BCUT2D eigenvalue weighted by atomic mass is 35.5. The first-order chi connectivity index (χ1) is 17.7. The molecule has 0 fully saturated rings. The van der Waals surface area contributed by atoms with Gasteiger partial charge >= 0.3 is 0 Å². The maximum Gasteiger partial charge on any atom is 0.261 e. The number of hydrogen-bond donors (Lipinski definition) is 2. The molecule has 0 spiro atoms. The Morgan fingerprint density at radius 3 is 2.05 bits per heavy atom. The molecule has 0 saturated carbocycles. The Morgan fingerprint density at radius 1 is 0.730 bits per heavy atom. The molecule has 0 saturated heterocycles. The number of para-hydroxylation sites is 1. The lowest BCUT2D eigenvalue weighted by Gasteiger charge is -2.20. The van der Waals surface area contributed by atoms with Crippen molar-refractivity contribution in [2.75, 3.05) is 10.0 Å². The zero-order valence-electron chi connectivity index (χ0n) is 18.8. The van der Waals surface area contributed by atoms with E-state index in [1.807, 2.05) is 0 Å². The van der Waals surface area contributed by atoms with E-state index in [4.69, 9.17) is 11.6 Å². The largest absolute Gasteiger partial charge is 0.321 e. The first-order valence-corrected chi connectivity index (χ1v) is 12.7. The highest BCUT2D eigenvalue weighted by molar-refractivity contribution is 7.92. The summed E-state index contributed by atoms with van der Waals surface area (Å²) in [7, 11) is -4.13. The number of ketones is 2. The standard InChI is InChI=1S/C27H16ClFN2O5S/c28-24-22(14-13-20-23(24)26(33)18-6-2-1-5-17(18)25(20)32)30-27(34)19-7-3-4-8-21(19)31-37(35,36)16-11-9-15(29)10-12-16/h1-14,31H,(H,30,34). The molecule has 5 rings (SSSR count). The number of carbonyl (C=O) groups is 3. The lowest BCUT2D eigenvalue weighted by molar-refractivity contribution is 0.0979. The van der Waals surface area contributed by atoms with E-state index < -0.39 is 27.5 Å². The molecule has 1 aliphatic carbocycles. The van der Waals surface area contributed by atoms with Crippen LogP contribution in [0.1, 0.15) is 42.2 Å². The van der Waals surface area contributed by atoms with E-state index in [9.17, 15) is 27.2 Å². The maximum atomic E-state index is 13.2. The Hall–Kier alpha value is -4.34. The fourth-order valence-electron chi connectivity index (χ4n) is 4.02. The molecular formula is C27H16ClFN2O5S. The van der Waals surface area contributed by atoms with Crippen LogP contribution in [0.3, 0.4) is 0 Å². The lowest BCUT2D eigenvalue weighted by atomic mass is 9.84. The Balaban J connectivity index is 1.46. The average molecular weight is 535 g/mol. The van der Waals surface area contributed by atoms with E-state index in [-0.39, 0.29) is 54.9 Å². The van der Waals surface area contributed by atoms with E-state index in [0.29, 0.717) is 0 Å². The Kier molecular flexibility index (Phi) is 6.10. The summed E-state index contributed by atoms with van der Waals surface area (Å²) < 4.78 is 41.1. The van der Waals surface area contributed by atoms with E-state index in [2.05, 4.69) is 10.0 Å². The number of amides is 1. The van der Waals surface area contributed by atoms with Gasteiger partial charge in [-0.05, 0) is 48.5 Å². The number of benzene rings is 4. The van der Waals surface area contributed by atoms with Crippen molar-refractivity contribution in [1.82, 2.24) is 0 Å². The maximum absolute atomic E-state index is 13.2. The van der Waals surface area contributed by atoms with Gasteiger partial charge in [0, 0.05) is 16.7 Å². The van der Waals surface area contributed by atoms with Crippen LogP contribution in [0.5, 0.6) is 0 Å². The fraction of sp³-hybridized carbons (Fsp3) is 0. The van der Waals surface area contributed by atoms with Gasteiger partial charge in [-0.25, -0.2) is 12.8 Å². The molecule has 0 atom stereocenters. The molecular weight excluding hydrogens is 519 g/mol. The van der Waals surface area contributed by atoms with Gasteiger partial charge in [0.2, 0.25) is 0 Å². The molecule has 4 aromatic carbocycles.